The van der Waals surface area contributed by atoms with Crippen molar-refractivity contribution in [1.82, 2.24) is 15.8 Å². The highest BCUT2D eigenvalue weighted by molar-refractivity contribution is 14.0. The summed E-state index contributed by atoms with van der Waals surface area (Å²) in [5.74, 6) is 3.70. The second-order valence-corrected chi connectivity index (χ2v) is 7.09. The normalized spacial score (nSPS) is 21.5. The van der Waals surface area contributed by atoms with Gasteiger partial charge >= 0.3 is 0 Å². The van der Waals surface area contributed by atoms with Crippen LogP contribution in [0.2, 0.25) is 0 Å². The molecule has 1 saturated carbocycles. The molecule has 2 N–H and O–H groups in total. The highest BCUT2D eigenvalue weighted by Crippen LogP contribution is 2.27. The van der Waals surface area contributed by atoms with Crippen molar-refractivity contribution >= 4 is 29.9 Å². The summed E-state index contributed by atoms with van der Waals surface area (Å²) >= 11 is 0. The standard InChI is InChI=1S/C18H32N4O.HI/c1-5-19-18(20-11-15-8-6-7-14(4)9-15)21-12-16-10-17(13(2)3)22-23-16;/h10,13-15H,5-9,11-12H2,1-4H3,(H2,19,20,21);1H. The molecule has 2 rings (SSSR count). The maximum absolute atomic E-state index is 5.35. The number of aliphatic imine (C=N–C) groups is 1. The molecule has 0 aliphatic heterocycles. The predicted octanol–water partition coefficient (Wildman–Crippen LogP) is 4.30. The van der Waals surface area contributed by atoms with Gasteiger partial charge in [0.25, 0.3) is 0 Å². The quantitative estimate of drug-likeness (QED) is 0.387. The van der Waals surface area contributed by atoms with Gasteiger partial charge in [0.2, 0.25) is 0 Å². The monoisotopic (exact) mass is 448 g/mol. The van der Waals surface area contributed by atoms with Crippen LogP contribution in [0, 0.1) is 11.8 Å². The molecule has 0 aromatic carbocycles. The third-order valence-corrected chi connectivity index (χ3v) is 4.51. The second kappa shape index (κ2) is 10.9. The van der Waals surface area contributed by atoms with Gasteiger partial charge in [-0.2, -0.15) is 0 Å². The van der Waals surface area contributed by atoms with E-state index in [9.17, 15) is 0 Å². The van der Waals surface area contributed by atoms with Crippen molar-refractivity contribution in [2.24, 2.45) is 16.8 Å². The van der Waals surface area contributed by atoms with E-state index in [0.29, 0.717) is 12.5 Å². The van der Waals surface area contributed by atoms with E-state index in [-0.39, 0.29) is 24.0 Å². The van der Waals surface area contributed by atoms with Crippen LogP contribution in [0.1, 0.15) is 70.8 Å². The van der Waals surface area contributed by atoms with Gasteiger partial charge in [0.15, 0.2) is 11.7 Å². The number of hydrogen-bond donors (Lipinski definition) is 2. The number of aromatic nitrogens is 1. The molecule has 0 spiro atoms. The van der Waals surface area contributed by atoms with Crippen molar-refractivity contribution in [3.63, 3.8) is 0 Å². The maximum atomic E-state index is 5.35. The van der Waals surface area contributed by atoms with E-state index in [1.807, 2.05) is 6.07 Å². The molecule has 1 aromatic heterocycles. The van der Waals surface area contributed by atoms with Gasteiger partial charge in [-0.1, -0.05) is 38.8 Å². The fourth-order valence-electron chi connectivity index (χ4n) is 3.16. The Morgan fingerprint density at radius 1 is 1.38 bits per heavy atom. The molecule has 1 aliphatic carbocycles. The summed E-state index contributed by atoms with van der Waals surface area (Å²) in [6, 6.07) is 2.00. The highest BCUT2D eigenvalue weighted by atomic mass is 127. The molecule has 0 saturated heterocycles. The number of halogens is 1. The van der Waals surface area contributed by atoms with Crippen LogP contribution in [0.4, 0.5) is 0 Å². The third-order valence-electron chi connectivity index (χ3n) is 4.51. The van der Waals surface area contributed by atoms with Crippen molar-refractivity contribution < 1.29 is 4.52 Å². The molecule has 24 heavy (non-hydrogen) atoms. The van der Waals surface area contributed by atoms with E-state index in [0.717, 1.165) is 42.3 Å². The Bertz CT molecular complexity index is 501. The topological polar surface area (TPSA) is 62.5 Å². The first kappa shape index (κ1) is 21.3. The van der Waals surface area contributed by atoms with E-state index >= 15 is 0 Å². The fraction of sp³-hybridized carbons (Fsp3) is 0.778. The summed E-state index contributed by atoms with van der Waals surface area (Å²) in [7, 11) is 0. The van der Waals surface area contributed by atoms with Gasteiger partial charge in [-0.3, -0.25) is 0 Å². The summed E-state index contributed by atoms with van der Waals surface area (Å²) < 4.78 is 5.35. The molecule has 2 atom stereocenters. The van der Waals surface area contributed by atoms with Gasteiger partial charge in [0.1, 0.15) is 6.54 Å². The summed E-state index contributed by atoms with van der Waals surface area (Å²) in [6.45, 7) is 11.1. The van der Waals surface area contributed by atoms with Crippen molar-refractivity contribution in [1.29, 1.82) is 0 Å². The molecular weight excluding hydrogens is 415 g/mol. The summed E-state index contributed by atoms with van der Waals surface area (Å²) in [4.78, 5) is 4.62. The number of nitrogens with one attached hydrogen (secondary N) is 2. The van der Waals surface area contributed by atoms with Gasteiger partial charge in [0, 0.05) is 19.2 Å². The van der Waals surface area contributed by atoms with Gasteiger partial charge in [-0.15, -0.1) is 24.0 Å². The minimum atomic E-state index is 0. The van der Waals surface area contributed by atoms with E-state index in [1.165, 1.54) is 25.7 Å². The zero-order chi connectivity index (χ0) is 16.7. The summed E-state index contributed by atoms with van der Waals surface area (Å²) in [6.07, 6.45) is 5.40. The zero-order valence-corrected chi connectivity index (χ0v) is 17.8. The molecule has 1 aromatic rings. The molecule has 2 unspecified atom stereocenters. The first-order chi connectivity index (χ1) is 11.1. The number of nitrogens with zero attached hydrogens (tertiary/aromatic N) is 2. The third kappa shape index (κ3) is 6.99. The molecule has 1 heterocycles. The molecular formula is C18H33IN4O. The Labute approximate surface area is 163 Å². The molecule has 6 heteroatoms. The largest absolute Gasteiger partial charge is 0.359 e. The van der Waals surface area contributed by atoms with Crippen LogP contribution >= 0.6 is 24.0 Å². The Morgan fingerprint density at radius 3 is 2.79 bits per heavy atom. The smallest absolute Gasteiger partial charge is 0.191 e. The Kier molecular flexibility index (Phi) is 9.69. The first-order valence-corrected chi connectivity index (χ1v) is 9.06. The Balaban J connectivity index is 0.00000288. The van der Waals surface area contributed by atoms with Crippen LogP contribution in [0.5, 0.6) is 0 Å². The molecule has 138 valence electrons. The van der Waals surface area contributed by atoms with Crippen LogP contribution in [-0.4, -0.2) is 24.2 Å². The molecule has 1 fully saturated rings. The SMILES string of the molecule is CCNC(=NCc1cc(C(C)C)no1)NCC1CCCC(C)C1.I. The van der Waals surface area contributed by atoms with Gasteiger partial charge in [-0.25, -0.2) is 4.99 Å². The Morgan fingerprint density at radius 2 is 2.17 bits per heavy atom. The highest BCUT2D eigenvalue weighted by Gasteiger charge is 2.18. The first-order valence-electron chi connectivity index (χ1n) is 9.06. The maximum Gasteiger partial charge on any atom is 0.191 e. The Hall–Kier alpha value is -0.790. The van der Waals surface area contributed by atoms with E-state index in [4.69, 9.17) is 4.52 Å². The van der Waals surface area contributed by atoms with Crippen LogP contribution in [0.3, 0.4) is 0 Å². The van der Waals surface area contributed by atoms with Crippen LogP contribution in [-0.2, 0) is 6.54 Å². The predicted molar refractivity (Wildman–Crippen MR) is 110 cm³/mol. The van der Waals surface area contributed by atoms with Crippen LogP contribution < -0.4 is 10.6 Å². The minimum absolute atomic E-state index is 0. The molecule has 5 nitrogen and oxygen atoms in total. The minimum Gasteiger partial charge on any atom is -0.359 e. The van der Waals surface area contributed by atoms with Gasteiger partial charge < -0.3 is 15.2 Å². The average Bonchev–Trinajstić information content (AvgIpc) is 2.99. The second-order valence-electron chi connectivity index (χ2n) is 7.09. The number of rotatable bonds is 6. The van der Waals surface area contributed by atoms with Crippen molar-refractivity contribution in [3.8, 4) is 0 Å². The van der Waals surface area contributed by atoms with E-state index in [2.05, 4.69) is 48.5 Å². The zero-order valence-electron chi connectivity index (χ0n) is 15.5. The number of guanidine groups is 1. The average molecular weight is 448 g/mol. The summed E-state index contributed by atoms with van der Waals surface area (Å²) in [5.41, 5.74) is 0.990. The van der Waals surface area contributed by atoms with E-state index in [1.54, 1.807) is 0 Å². The van der Waals surface area contributed by atoms with Crippen molar-refractivity contribution in [2.45, 2.75) is 65.8 Å². The molecule has 0 bridgehead atoms. The fourth-order valence-corrected chi connectivity index (χ4v) is 3.16. The van der Waals surface area contributed by atoms with Crippen LogP contribution in [0.25, 0.3) is 0 Å². The lowest BCUT2D eigenvalue weighted by molar-refractivity contribution is 0.282. The van der Waals surface area contributed by atoms with Gasteiger partial charge in [0.05, 0.1) is 5.69 Å². The van der Waals surface area contributed by atoms with Crippen molar-refractivity contribution in [2.75, 3.05) is 13.1 Å². The van der Waals surface area contributed by atoms with Gasteiger partial charge in [-0.05, 0) is 37.5 Å². The lowest BCUT2D eigenvalue weighted by Crippen LogP contribution is -2.40. The van der Waals surface area contributed by atoms with Crippen molar-refractivity contribution in [3.05, 3.63) is 17.5 Å². The number of hydrogen-bond acceptors (Lipinski definition) is 3. The molecule has 0 amide bonds. The summed E-state index contributed by atoms with van der Waals surface area (Å²) in [5, 5.41) is 10.9. The van der Waals surface area contributed by atoms with Crippen LogP contribution in [0.15, 0.2) is 15.6 Å². The lowest BCUT2D eigenvalue weighted by Gasteiger charge is -2.27. The molecule has 1 aliphatic rings. The lowest BCUT2D eigenvalue weighted by atomic mass is 9.82. The molecule has 0 radical (unpaired) electrons. The van der Waals surface area contributed by atoms with E-state index < -0.39 is 0 Å².